The van der Waals surface area contributed by atoms with Gasteiger partial charge in [-0.15, -0.1) is 0 Å². The van der Waals surface area contributed by atoms with Crippen LogP contribution in [0.4, 0.5) is 5.69 Å². The van der Waals surface area contributed by atoms with E-state index in [-0.39, 0.29) is 12.3 Å². The average Bonchev–Trinajstić information content (AvgIpc) is 3.15. The highest BCUT2D eigenvalue weighted by atomic mass is 16.5. The van der Waals surface area contributed by atoms with E-state index >= 15 is 0 Å². The number of para-hydroxylation sites is 3. The first-order valence-corrected chi connectivity index (χ1v) is 8.54. The van der Waals surface area contributed by atoms with Gasteiger partial charge in [0, 0.05) is 5.39 Å². The van der Waals surface area contributed by atoms with Gasteiger partial charge in [-0.3, -0.25) is 9.59 Å². The van der Waals surface area contributed by atoms with E-state index < -0.39 is 30.5 Å². The molecule has 28 heavy (non-hydrogen) atoms. The molecule has 0 saturated heterocycles. The van der Waals surface area contributed by atoms with Crippen molar-refractivity contribution in [1.82, 2.24) is 0 Å². The Morgan fingerprint density at radius 1 is 1.11 bits per heavy atom. The van der Waals surface area contributed by atoms with E-state index in [0.717, 1.165) is 5.39 Å². The molecule has 3 aromatic rings. The number of ether oxygens (including phenoxy) is 2. The van der Waals surface area contributed by atoms with Crippen LogP contribution in [0.2, 0.25) is 0 Å². The maximum Gasteiger partial charge on any atom is 0.374 e. The highest BCUT2D eigenvalue weighted by Gasteiger charge is 2.33. The van der Waals surface area contributed by atoms with Gasteiger partial charge in [-0.2, -0.15) is 0 Å². The van der Waals surface area contributed by atoms with Crippen molar-refractivity contribution in [1.29, 1.82) is 0 Å². The number of nitrogens with two attached hydrogens (primary N) is 1. The highest BCUT2D eigenvalue weighted by molar-refractivity contribution is 6.00. The first kappa shape index (κ1) is 17.6. The van der Waals surface area contributed by atoms with Crippen molar-refractivity contribution < 1.29 is 28.3 Å². The van der Waals surface area contributed by atoms with Gasteiger partial charge in [0.15, 0.2) is 12.7 Å². The largest absolute Gasteiger partial charge is 0.477 e. The molecule has 0 saturated carbocycles. The van der Waals surface area contributed by atoms with E-state index in [1.165, 1.54) is 4.90 Å². The summed E-state index contributed by atoms with van der Waals surface area (Å²) in [6.45, 7) is -0.580. The Hall–Kier alpha value is -3.81. The summed E-state index contributed by atoms with van der Waals surface area (Å²) in [4.78, 5) is 37.7. The summed E-state index contributed by atoms with van der Waals surface area (Å²) in [5, 5.41) is 0.757. The molecule has 0 fully saturated rings. The fourth-order valence-electron chi connectivity index (χ4n) is 2.98. The molecular formula is C20H16N2O6. The third-order valence-electron chi connectivity index (χ3n) is 4.35. The Labute approximate surface area is 159 Å². The Bertz CT molecular complexity index is 1040. The van der Waals surface area contributed by atoms with E-state index in [1.807, 2.05) is 6.07 Å². The van der Waals surface area contributed by atoms with Crippen LogP contribution in [0.3, 0.4) is 0 Å². The zero-order valence-corrected chi connectivity index (χ0v) is 14.7. The van der Waals surface area contributed by atoms with Crippen molar-refractivity contribution in [3.05, 3.63) is 60.4 Å². The van der Waals surface area contributed by atoms with Gasteiger partial charge in [-0.1, -0.05) is 30.3 Å². The number of amides is 2. The maximum atomic E-state index is 12.6. The molecule has 4 rings (SSSR count). The summed E-state index contributed by atoms with van der Waals surface area (Å²) in [6, 6.07) is 15.4. The summed E-state index contributed by atoms with van der Waals surface area (Å²) < 4.78 is 16.0. The number of rotatable bonds is 4. The van der Waals surface area contributed by atoms with Crippen LogP contribution in [0, 0.1) is 0 Å². The number of benzene rings is 2. The van der Waals surface area contributed by atoms with Crippen LogP contribution in [0.15, 0.2) is 59.0 Å². The smallest absolute Gasteiger partial charge is 0.374 e. The van der Waals surface area contributed by atoms with Crippen molar-refractivity contribution in [3.8, 4) is 5.75 Å². The van der Waals surface area contributed by atoms with Gasteiger partial charge in [0.1, 0.15) is 11.3 Å². The summed E-state index contributed by atoms with van der Waals surface area (Å²) in [7, 11) is 0. The van der Waals surface area contributed by atoms with Gasteiger partial charge in [0.05, 0.1) is 12.2 Å². The molecule has 0 radical (unpaired) electrons. The van der Waals surface area contributed by atoms with Crippen molar-refractivity contribution in [2.75, 3.05) is 18.1 Å². The second kappa shape index (κ2) is 7.07. The second-order valence-corrected chi connectivity index (χ2v) is 6.21. The van der Waals surface area contributed by atoms with Crippen LogP contribution < -0.4 is 15.4 Å². The molecule has 0 spiro atoms. The van der Waals surface area contributed by atoms with Crippen molar-refractivity contribution in [2.24, 2.45) is 5.73 Å². The standard InChI is InChI=1S/C20H16N2O6/c21-19(24)17-10-22(13-6-2-4-8-15(13)28-17)18(23)11-26-20(25)16-9-12-5-1-3-7-14(12)27-16/h1-9,17H,10-11H2,(H2,21,24)/t17-/m0/s1. The van der Waals surface area contributed by atoms with E-state index in [9.17, 15) is 14.4 Å². The number of primary amides is 1. The molecule has 1 aliphatic heterocycles. The molecule has 2 N–H and O–H groups in total. The first-order valence-electron chi connectivity index (χ1n) is 8.54. The lowest BCUT2D eigenvalue weighted by Gasteiger charge is -2.33. The predicted octanol–water partition coefficient (Wildman–Crippen LogP) is 1.87. The minimum absolute atomic E-state index is 0.00592. The Balaban J connectivity index is 1.48. The summed E-state index contributed by atoms with van der Waals surface area (Å²) >= 11 is 0. The van der Waals surface area contributed by atoms with Crippen LogP contribution in [0.25, 0.3) is 11.0 Å². The van der Waals surface area contributed by atoms with E-state index in [2.05, 4.69) is 0 Å². The van der Waals surface area contributed by atoms with Gasteiger partial charge in [0.2, 0.25) is 5.76 Å². The topological polar surface area (TPSA) is 112 Å². The van der Waals surface area contributed by atoms with E-state index in [4.69, 9.17) is 19.6 Å². The number of fused-ring (bicyclic) bond motifs is 2. The molecule has 0 unspecified atom stereocenters. The van der Waals surface area contributed by atoms with Gasteiger partial charge >= 0.3 is 5.97 Å². The number of hydrogen-bond acceptors (Lipinski definition) is 6. The molecule has 2 heterocycles. The zero-order chi connectivity index (χ0) is 19.7. The lowest BCUT2D eigenvalue weighted by Crippen LogP contribution is -2.50. The number of carbonyl (C=O) groups is 3. The third kappa shape index (κ3) is 3.27. The number of hydrogen-bond donors (Lipinski definition) is 1. The van der Waals surface area contributed by atoms with Crippen LogP contribution in [-0.2, 0) is 14.3 Å². The number of anilines is 1. The van der Waals surface area contributed by atoms with Crippen molar-refractivity contribution >= 4 is 34.4 Å². The predicted molar refractivity (Wildman–Crippen MR) is 98.9 cm³/mol. The van der Waals surface area contributed by atoms with Gasteiger partial charge in [-0.25, -0.2) is 4.79 Å². The number of esters is 1. The number of nitrogens with zero attached hydrogens (tertiary/aromatic N) is 1. The maximum absolute atomic E-state index is 12.6. The Morgan fingerprint density at radius 2 is 1.86 bits per heavy atom. The van der Waals surface area contributed by atoms with Crippen molar-refractivity contribution in [3.63, 3.8) is 0 Å². The zero-order valence-electron chi connectivity index (χ0n) is 14.7. The lowest BCUT2D eigenvalue weighted by atomic mass is 10.2. The highest BCUT2D eigenvalue weighted by Crippen LogP contribution is 2.33. The lowest BCUT2D eigenvalue weighted by molar-refractivity contribution is -0.126. The van der Waals surface area contributed by atoms with E-state index in [0.29, 0.717) is 17.0 Å². The molecular weight excluding hydrogens is 364 g/mol. The average molecular weight is 380 g/mol. The van der Waals surface area contributed by atoms with Crippen LogP contribution >= 0.6 is 0 Å². The molecule has 2 aromatic carbocycles. The SMILES string of the molecule is NC(=O)[C@@H]1CN(C(=O)COC(=O)c2cc3ccccc3o2)c2ccccc2O1. The quantitative estimate of drug-likeness (QED) is 0.692. The van der Waals surface area contributed by atoms with Crippen LogP contribution in [0.5, 0.6) is 5.75 Å². The Morgan fingerprint density at radius 3 is 2.64 bits per heavy atom. The minimum atomic E-state index is -0.982. The molecule has 1 aliphatic rings. The molecule has 1 aromatic heterocycles. The van der Waals surface area contributed by atoms with Crippen LogP contribution in [-0.4, -0.2) is 37.0 Å². The third-order valence-corrected chi connectivity index (χ3v) is 4.35. The molecule has 0 bridgehead atoms. The van der Waals surface area contributed by atoms with Gasteiger partial charge < -0.3 is 24.5 Å². The molecule has 8 nitrogen and oxygen atoms in total. The fourth-order valence-corrected chi connectivity index (χ4v) is 2.98. The molecule has 142 valence electrons. The monoisotopic (exact) mass is 380 g/mol. The molecule has 8 heteroatoms. The van der Waals surface area contributed by atoms with Crippen LogP contribution in [0.1, 0.15) is 10.6 Å². The van der Waals surface area contributed by atoms with Gasteiger partial charge in [-0.05, 0) is 24.3 Å². The molecule has 1 atom stereocenters. The summed E-state index contributed by atoms with van der Waals surface area (Å²) in [6.07, 6.45) is -0.982. The fraction of sp³-hybridized carbons (Fsp3) is 0.150. The van der Waals surface area contributed by atoms with Gasteiger partial charge in [0.25, 0.3) is 11.8 Å². The summed E-state index contributed by atoms with van der Waals surface area (Å²) in [5.74, 6) is -1.59. The molecule has 0 aliphatic carbocycles. The minimum Gasteiger partial charge on any atom is -0.477 e. The van der Waals surface area contributed by atoms with E-state index in [1.54, 1.807) is 48.5 Å². The number of furan rings is 1. The first-order chi connectivity index (χ1) is 13.5. The molecule has 2 amide bonds. The summed E-state index contributed by atoms with van der Waals surface area (Å²) in [5.41, 5.74) is 6.35. The van der Waals surface area contributed by atoms with Crippen molar-refractivity contribution in [2.45, 2.75) is 6.10 Å². The second-order valence-electron chi connectivity index (χ2n) is 6.21. The normalized spacial score (nSPS) is 15.6. The Kier molecular flexibility index (Phi) is 4.44. The number of carbonyl (C=O) groups excluding carboxylic acids is 3.